The second kappa shape index (κ2) is 5.41. The molecule has 0 bridgehead atoms. The van der Waals surface area contributed by atoms with Crippen LogP contribution in [0.5, 0.6) is 5.75 Å². The quantitative estimate of drug-likeness (QED) is 0.863. The molecule has 1 rings (SSSR count). The largest absolute Gasteiger partial charge is 0.497 e. The Balaban J connectivity index is 2.96. The van der Waals surface area contributed by atoms with E-state index in [2.05, 4.69) is 0 Å². The number of amides is 1. The SMILES string of the molecule is COc1ccc(NC(=O)C(F)(F)C(F)(F)C(F)(F)F)cc1. The Morgan fingerprint density at radius 1 is 1.00 bits per heavy atom. The third-order valence-corrected chi connectivity index (χ3v) is 2.38. The summed E-state index contributed by atoms with van der Waals surface area (Å²) in [7, 11) is 1.28. The minimum atomic E-state index is -6.56. The Morgan fingerprint density at radius 3 is 1.86 bits per heavy atom. The van der Waals surface area contributed by atoms with Crippen LogP contribution < -0.4 is 10.1 Å². The summed E-state index contributed by atoms with van der Waals surface area (Å²) in [6.07, 6.45) is -6.56. The van der Waals surface area contributed by atoms with Crippen molar-refractivity contribution in [3.63, 3.8) is 0 Å². The van der Waals surface area contributed by atoms with Crippen LogP contribution in [0.3, 0.4) is 0 Å². The van der Waals surface area contributed by atoms with Crippen molar-refractivity contribution in [2.75, 3.05) is 12.4 Å². The van der Waals surface area contributed by atoms with Crippen molar-refractivity contribution in [3.05, 3.63) is 24.3 Å². The number of ether oxygens (including phenoxy) is 1. The van der Waals surface area contributed by atoms with Crippen LogP contribution in [0.4, 0.5) is 36.4 Å². The van der Waals surface area contributed by atoms with E-state index in [1.165, 1.54) is 24.6 Å². The molecule has 0 heterocycles. The number of hydrogen-bond donors (Lipinski definition) is 1. The van der Waals surface area contributed by atoms with Gasteiger partial charge in [0.2, 0.25) is 0 Å². The van der Waals surface area contributed by atoms with E-state index in [1.807, 2.05) is 0 Å². The lowest BCUT2D eigenvalue weighted by Gasteiger charge is -2.27. The first-order valence-corrected chi connectivity index (χ1v) is 5.21. The lowest BCUT2D eigenvalue weighted by atomic mass is 10.1. The summed E-state index contributed by atoms with van der Waals surface area (Å²) in [6.45, 7) is 0. The first-order valence-electron chi connectivity index (χ1n) is 5.21. The number of benzene rings is 1. The molecule has 21 heavy (non-hydrogen) atoms. The Bertz CT molecular complexity index is 510. The number of carbonyl (C=O) groups is 1. The van der Waals surface area contributed by atoms with E-state index in [-0.39, 0.29) is 5.75 Å². The number of methoxy groups -OCH3 is 1. The summed E-state index contributed by atoms with van der Waals surface area (Å²) >= 11 is 0. The molecule has 118 valence electrons. The molecule has 3 nitrogen and oxygen atoms in total. The van der Waals surface area contributed by atoms with Crippen LogP contribution in [0.2, 0.25) is 0 Å². The van der Waals surface area contributed by atoms with Crippen molar-refractivity contribution in [3.8, 4) is 5.75 Å². The molecule has 1 aromatic rings. The summed E-state index contributed by atoms with van der Waals surface area (Å²) in [5, 5.41) is 1.29. The van der Waals surface area contributed by atoms with Gasteiger partial charge in [-0.2, -0.15) is 30.7 Å². The third-order valence-electron chi connectivity index (χ3n) is 2.38. The maximum Gasteiger partial charge on any atom is 0.460 e. The molecular weight excluding hydrogens is 311 g/mol. The molecule has 0 saturated heterocycles. The molecule has 0 aromatic heterocycles. The second-order valence-corrected chi connectivity index (χ2v) is 3.83. The lowest BCUT2D eigenvalue weighted by molar-refractivity contribution is -0.343. The van der Waals surface area contributed by atoms with Gasteiger partial charge in [-0.3, -0.25) is 4.79 Å². The smallest absolute Gasteiger partial charge is 0.460 e. The highest BCUT2D eigenvalue weighted by Crippen LogP contribution is 2.46. The number of nitrogens with one attached hydrogen (secondary N) is 1. The van der Waals surface area contributed by atoms with Crippen LogP contribution in [-0.2, 0) is 4.79 Å². The van der Waals surface area contributed by atoms with Crippen molar-refractivity contribution in [1.82, 2.24) is 0 Å². The fourth-order valence-corrected chi connectivity index (χ4v) is 1.20. The minimum absolute atomic E-state index is 0.264. The fraction of sp³-hybridized carbons (Fsp3) is 0.364. The van der Waals surface area contributed by atoms with Gasteiger partial charge in [-0.15, -0.1) is 0 Å². The molecular formula is C11H8F7NO2. The third kappa shape index (κ3) is 3.19. The van der Waals surface area contributed by atoms with E-state index in [0.29, 0.717) is 0 Å². The molecule has 0 spiro atoms. The van der Waals surface area contributed by atoms with Gasteiger partial charge in [-0.1, -0.05) is 0 Å². The van der Waals surface area contributed by atoms with Crippen molar-refractivity contribution in [1.29, 1.82) is 0 Å². The zero-order valence-corrected chi connectivity index (χ0v) is 10.3. The van der Waals surface area contributed by atoms with Crippen LogP contribution >= 0.6 is 0 Å². The molecule has 0 saturated carbocycles. The normalized spacial score (nSPS) is 13.0. The molecule has 1 amide bonds. The maximum absolute atomic E-state index is 13.0. The fourth-order valence-electron chi connectivity index (χ4n) is 1.20. The van der Waals surface area contributed by atoms with Gasteiger partial charge in [0, 0.05) is 5.69 Å². The van der Waals surface area contributed by atoms with Gasteiger partial charge in [0.25, 0.3) is 0 Å². The highest BCUT2D eigenvalue weighted by Gasteiger charge is 2.76. The van der Waals surface area contributed by atoms with Gasteiger partial charge in [-0.05, 0) is 24.3 Å². The molecule has 0 unspecified atom stereocenters. The Morgan fingerprint density at radius 2 is 1.48 bits per heavy atom. The van der Waals surface area contributed by atoms with Crippen LogP contribution in [0, 0.1) is 0 Å². The van der Waals surface area contributed by atoms with Gasteiger partial charge in [-0.25, -0.2) is 0 Å². The molecule has 0 aliphatic carbocycles. The zero-order chi connectivity index (χ0) is 16.5. The van der Waals surface area contributed by atoms with E-state index >= 15 is 0 Å². The van der Waals surface area contributed by atoms with Gasteiger partial charge in [0.1, 0.15) is 5.75 Å². The van der Waals surface area contributed by atoms with E-state index in [1.54, 1.807) is 0 Å². The standard InChI is InChI=1S/C11H8F7NO2/c1-21-7-4-2-6(3-5-7)19-8(20)9(12,13)10(14,15)11(16,17)18/h2-5H,1H3,(H,19,20). The van der Waals surface area contributed by atoms with E-state index < -0.39 is 29.6 Å². The average molecular weight is 319 g/mol. The van der Waals surface area contributed by atoms with Crippen LogP contribution in [0.15, 0.2) is 24.3 Å². The first kappa shape index (κ1) is 17.1. The summed E-state index contributed by atoms with van der Waals surface area (Å²) in [5.74, 6) is -14.9. The Hall–Kier alpha value is -2.00. The van der Waals surface area contributed by atoms with Crippen molar-refractivity contribution in [2.24, 2.45) is 0 Å². The monoisotopic (exact) mass is 319 g/mol. The molecule has 0 fully saturated rings. The number of anilines is 1. The van der Waals surface area contributed by atoms with Gasteiger partial charge < -0.3 is 10.1 Å². The number of carbonyl (C=O) groups excluding carboxylic acids is 1. The van der Waals surface area contributed by atoms with Crippen LogP contribution in [-0.4, -0.2) is 31.0 Å². The summed E-state index contributed by atoms with van der Waals surface area (Å²) in [4.78, 5) is 11.0. The minimum Gasteiger partial charge on any atom is -0.497 e. The predicted octanol–water partition coefficient (Wildman–Crippen LogP) is 3.47. The van der Waals surface area contributed by atoms with Crippen molar-refractivity contribution >= 4 is 11.6 Å². The number of alkyl halides is 7. The van der Waals surface area contributed by atoms with Gasteiger partial charge in [0.15, 0.2) is 0 Å². The average Bonchev–Trinajstić information content (AvgIpc) is 2.38. The number of rotatable bonds is 4. The lowest BCUT2D eigenvalue weighted by Crippen LogP contribution is -2.57. The molecule has 0 aliphatic heterocycles. The topological polar surface area (TPSA) is 38.3 Å². The molecule has 10 heteroatoms. The van der Waals surface area contributed by atoms with Gasteiger partial charge >= 0.3 is 23.9 Å². The molecule has 1 aromatic carbocycles. The number of halogens is 7. The molecule has 0 atom stereocenters. The summed E-state index contributed by atoms with van der Waals surface area (Å²) < 4.78 is 91.7. The van der Waals surface area contributed by atoms with E-state index in [4.69, 9.17) is 4.74 Å². The Kier molecular flexibility index (Phi) is 4.40. The molecule has 0 aliphatic rings. The predicted molar refractivity (Wildman–Crippen MR) is 57.6 cm³/mol. The molecule has 0 radical (unpaired) electrons. The second-order valence-electron chi connectivity index (χ2n) is 3.83. The maximum atomic E-state index is 13.0. The van der Waals surface area contributed by atoms with Crippen molar-refractivity contribution in [2.45, 2.75) is 18.0 Å². The number of hydrogen-bond acceptors (Lipinski definition) is 2. The van der Waals surface area contributed by atoms with E-state index in [0.717, 1.165) is 12.1 Å². The van der Waals surface area contributed by atoms with Crippen LogP contribution in [0.1, 0.15) is 0 Å². The van der Waals surface area contributed by atoms with Crippen LogP contribution in [0.25, 0.3) is 0 Å². The van der Waals surface area contributed by atoms with Gasteiger partial charge in [0.05, 0.1) is 7.11 Å². The highest BCUT2D eigenvalue weighted by molar-refractivity contribution is 5.97. The van der Waals surface area contributed by atoms with Crippen molar-refractivity contribution < 1.29 is 40.3 Å². The summed E-state index contributed by atoms with van der Waals surface area (Å²) in [5.41, 5.74) is -0.390. The summed E-state index contributed by atoms with van der Waals surface area (Å²) in [6, 6.07) is 4.38. The highest BCUT2D eigenvalue weighted by atomic mass is 19.4. The first-order chi connectivity index (χ1) is 9.43. The zero-order valence-electron chi connectivity index (χ0n) is 10.3. The van der Waals surface area contributed by atoms with E-state index in [9.17, 15) is 35.5 Å². The Labute approximate surface area is 113 Å². The molecule has 1 N–H and O–H groups in total.